The van der Waals surface area contributed by atoms with Crippen molar-refractivity contribution in [2.75, 3.05) is 25.1 Å². The predicted octanol–water partition coefficient (Wildman–Crippen LogP) is 1.70. The summed E-state index contributed by atoms with van der Waals surface area (Å²) in [6.07, 6.45) is 0. The van der Waals surface area contributed by atoms with Gasteiger partial charge in [-0.1, -0.05) is 0 Å². The largest absolute Gasteiger partial charge is 0.497 e. The van der Waals surface area contributed by atoms with Crippen molar-refractivity contribution in [3.8, 4) is 5.75 Å². The van der Waals surface area contributed by atoms with E-state index in [0.717, 1.165) is 35.4 Å². The van der Waals surface area contributed by atoms with Crippen LogP contribution in [0.5, 0.6) is 5.75 Å². The Kier molecular flexibility index (Phi) is 2.59. The topological polar surface area (TPSA) is 51.4 Å². The summed E-state index contributed by atoms with van der Waals surface area (Å²) in [5.74, 6) is 0.860. The molecule has 94 valence electrons. The van der Waals surface area contributed by atoms with Gasteiger partial charge in [0, 0.05) is 35.9 Å². The van der Waals surface area contributed by atoms with Gasteiger partial charge >= 0.3 is 0 Å². The van der Waals surface area contributed by atoms with E-state index in [4.69, 9.17) is 10.5 Å². The zero-order valence-corrected chi connectivity index (χ0v) is 10.7. The molecule has 4 nitrogen and oxygen atoms in total. The normalized spacial score (nSPS) is 15.8. The maximum absolute atomic E-state index is 5.86. The lowest BCUT2D eigenvalue weighted by atomic mass is 10.1. The van der Waals surface area contributed by atoms with Crippen LogP contribution in [-0.2, 0) is 0 Å². The maximum atomic E-state index is 5.86. The summed E-state index contributed by atoms with van der Waals surface area (Å²) in [4.78, 5) is 6.85. The average Bonchev–Trinajstić information content (AvgIpc) is 2.33. The van der Waals surface area contributed by atoms with E-state index in [1.807, 2.05) is 25.1 Å². The molecule has 0 radical (unpaired) electrons. The van der Waals surface area contributed by atoms with Crippen molar-refractivity contribution >= 4 is 16.6 Å². The molecule has 0 saturated carbocycles. The molecular weight excluding hydrogens is 226 g/mol. The van der Waals surface area contributed by atoms with E-state index in [0.29, 0.717) is 6.04 Å². The third-order valence-electron chi connectivity index (χ3n) is 3.37. The van der Waals surface area contributed by atoms with E-state index < -0.39 is 0 Å². The van der Waals surface area contributed by atoms with Crippen LogP contribution in [0.25, 0.3) is 10.9 Å². The molecule has 1 aliphatic heterocycles. The third kappa shape index (κ3) is 1.78. The van der Waals surface area contributed by atoms with Crippen molar-refractivity contribution in [2.24, 2.45) is 5.73 Å². The van der Waals surface area contributed by atoms with E-state index in [9.17, 15) is 0 Å². The van der Waals surface area contributed by atoms with Gasteiger partial charge in [0.25, 0.3) is 0 Å². The molecule has 1 aromatic heterocycles. The summed E-state index contributed by atoms with van der Waals surface area (Å²) in [5.41, 5.74) is 9.11. The smallest absolute Gasteiger partial charge is 0.119 e. The van der Waals surface area contributed by atoms with Gasteiger partial charge in [0.05, 0.1) is 12.6 Å². The van der Waals surface area contributed by atoms with Crippen molar-refractivity contribution in [1.82, 2.24) is 4.98 Å². The molecule has 2 N–H and O–H groups in total. The number of ether oxygens (including phenoxy) is 1. The van der Waals surface area contributed by atoms with E-state index in [-0.39, 0.29) is 0 Å². The van der Waals surface area contributed by atoms with E-state index >= 15 is 0 Å². The Bertz CT molecular complexity index is 591. The first-order valence-electron chi connectivity index (χ1n) is 6.13. The van der Waals surface area contributed by atoms with Crippen molar-refractivity contribution < 1.29 is 4.74 Å². The maximum Gasteiger partial charge on any atom is 0.119 e. The molecule has 2 heterocycles. The number of benzene rings is 1. The second kappa shape index (κ2) is 4.14. The van der Waals surface area contributed by atoms with Gasteiger partial charge in [-0.25, -0.2) is 0 Å². The number of aromatic nitrogens is 1. The number of nitrogens with zero attached hydrogens (tertiary/aromatic N) is 2. The molecular formula is C14H17N3O. The molecule has 0 bridgehead atoms. The lowest BCUT2D eigenvalue weighted by Gasteiger charge is -2.39. The third-order valence-corrected chi connectivity index (χ3v) is 3.37. The van der Waals surface area contributed by atoms with Gasteiger partial charge in [0.15, 0.2) is 0 Å². The van der Waals surface area contributed by atoms with Crippen LogP contribution in [0.15, 0.2) is 24.3 Å². The van der Waals surface area contributed by atoms with Crippen molar-refractivity contribution in [3.05, 3.63) is 30.0 Å². The minimum atomic E-state index is 0.291. The highest BCUT2D eigenvalue weighted by Gasteiger charge is 2.25. The fourth-order valence-corrected chi connectivity index (χ4v) is 2.41. The Morgan fingerprint density at radius 1 is 1.33 bits per heavy atom. The summed E-state index contributed by atoms with van der Waals surface area (Å²) in [7, 11) is 1.68. The molecule has 18 heavy (non-hydrogen) atoms. The molecule has 1 aliphatic rings. The van der Waals surface area contributed by atoms with E-state index in [1.54, 1.807) is 7.11 Å². The number of methoxy groups -OCH3 is 1. The highest BCUT2D eigenvalue weighted by molar-refractivity contribution is 5.93. The average molecular weight is 243 g/mol. The zero-order chi connectivity index (χ0) is 12.7. The summed E-state index contributed by atoms with van der Waals surface area (Å²) in [5, 5.41) is 1.13. The molecule has 1 fully saturated rings. The van der Waals surface area contributed by atoms with Gasteiger partial charge in [0.2, 0.25) is 0 Å². The van der Waals surface area contributed by atoms with Crippen LogP contribution < -0.4 is 15.4 Å². The summed E-state index contributed by atoms with van der Waals surface area (Å²) in [6.45, 7) is 3.85. The van der Waals surface area contributed by atoms with Gasteiger partial charge in [-0.3, -0.25) is 4.98 Å². The van der Waals surface area contributed by atoms with Gasteiger partial charge in [-0.15, -0.1) is 0 Å². The molecule has 0 spiro atoms. The molecule has 3 rings (SSSR count). The van der Waals surface area contributed by atoms with E-state index in [2.05, 4.69) is 16.0 Å². The Morgan fingerprint density at radius 2 is 2.11 bits per heavy atom. The van der Waals surface area contributed by atoms with Crippen LogP contribution in [0.4, 0.5) is 5.69 Å². The van der Waals surface area contributed by atoms with Crippen LogP contribution in [0.3, 0.4) is 0 Å². The van der Waals surface area contributed by atoms with Crippen molar-refractivity contribution in [3.63, 3.8) is 0 Å². The molecule has 4 heteroatoms. The van der Waals surface area contributed by atoms with Crippen molar-refractivity contribution in [1.29, 1.82) is 0 Å². The Hall–Kier alpha value is -1.81. The number of aryl methyl sites for hydroxylation is 1. The van der Waals surface area contributed by atoms with Crippen LogP contribution in [0.2, 0.25) is 0 Å². The molecule has 0 amide bonds. The van der Waals surface area contributed by atoms with Gasteiger partial charge in [-0.2, -0.15) is 0 Å². The Labute approximate surface area is 106 Å². The minimum absolute atomic E-state index is 0.291. The van der Waals surface area contributed by atoms with Crippen LogP contribution in [0.1, 0.15) is 5.69 Å². The van der Waals surface area contributed by atoms with Crippen LogP contribution in [0, 0.1) is 6.92 Å². The van der Waals surface area contributed by atoms with Gasteiger partial charge in [0.1, 0.15) is 5.75 Å². The quantitative estimate of drug-likeness (QED) is 0.872. The molecule has 0 unspecified atom stereocenters. The molecule has 0 atom stereocenters. The van der Waals surface area contributed by atoms with Crippen LogP contribution in [-0.4, -0.2) is 31.2 Å². The fourth-order valence-electron chi connectivity index (χ4n) is 2.41. The number of rotatable bonds is 2. The number of anilines is 1. The Balaban J connectivity index is 2.15. The lowest BCUT2D eigenvalue weighted by Crippen LogP contribution is -2.55. The zero-order valence-electron chi connectivity index (χ0n) is 10.7. The van der Waals surface area contributed by atoms with E-state index in [1.165, 1.54) is 5.69 Å². The standard InChI is InChI=1S/C14H17N3O/c1-9-5-14(17-7-10(15)8-17)12-6-11(18-2)3-4-13(12)16-9/h3-6,10H,7-8,15H2,1-2H3. The monoisotopic (exact) mass is 243 g/mol. The molecule has 1 saturated heterocycles. The van der Waals surface area contributed by atoms with Crippen molar-refractivity contribution in [2.45, 2.75) is 13.0 Å². The molecule has 2 aromatic rings. The minimum Gasteiger partial charge on any atom is -0.497 e. The number of fused-ring (bicyclic) bond motifs is 1. The second-order valence-corrected chi connectivity index (χ2v) is 4.83. The number of hydrogen-bond acceptors (Lipinski definition) is 4. The SMILES string of the molecule is COc1ccc2nc(C)cc(N3CC(N)C3)c2c1. The summed E-state index contributed by atoms with van der Waals surface area (Å²) in [6, 6.07) is 8.40. The first-order chi connectivity index (χ1) is 8.67. The van der Waals surface area contributed by atoms with Crippen LogP contribution >= 0.6 is 0 Å². The first kappa shape index (κ1) is 11.3. The predicted molar refractivity (Wildman–Crippen MR) is 73.2 cm³/mol. The number of nitrogens with two attached hydrogens (primary N) is 1. The van der Waals surface area contributed by atoms with Gasteiger partial charge < -0.3 is 15.4 Å². The summed E-state index contributed by atoms with van der Waals surface area (Å²) >= 11 is 0. The lowest BCUT2D eigenvalue weighted by molar-refractivity contribution is 0.415. The fraction of sp³-hybridized carbons (Fsp3) is 0.357. The summed E-state index contributed by atoms with van der Waals surface area (Å²) < 4.78 is 5.29. The number of pyridine rings is 1. The second-order valence-electron chi connectivity index (χ2n) is 4.83. The molecule has 0 aliphatic carbocycles. The number of hydrogen-bond donors (Lipinski definition) is 1. The first-order valence-corrected chi connectivity index (χ1v) is 6.13. The molecule has 1 aromatic carbocycles. The Morgan fingerprint density at radius 3 is 2.78 bits per heavy atom. The highest BCUT2D eigenvalue weighted by atomic mass is 16.5. The van der Waals surface area contributed by atoms with Gasteiger partial charge in [-0.05, 0) is 31.2 Å². The highest BCUT2D eigenvalue weighted by Crippen LogP contribution is 2.31.